The summed E-state index contributed by atoms with van der Waals surface area (Å²) in [6, 6.07) is 10.2. The van der Waals surface area contributed by atoms with Crippen LogP contribution in [0.1, 0.15) is 51.0 Å². The minimum Gasteiger partial charge on any atom is -0.377 e. The Hall–Kier alpha value is -1.65. The molecule has 0 radical (unpaired) electrons. The van der Waals surface area contributed by atoms with Crippen molar-refractivity contribution in [2.75, 3.05) is 6.61 Å². The lowest BCUT2D eigenvalue weighted by Gasteiger charge is -2.10. The van der Waals surface area contributed by atoms with E-state index in [-0.39, 0.29) is 5.91 Å². The topological polar surface area (TPSA) is 38.3 Å². The molecule has 1 aliphatic rings. The standard InChI is InChI=1S/C19H23NO2S/c1-2-22-13-16-9-4-3-8-15(16)12-20-19(21)18-11-14-7-5-6-10-17(14)23-18/h3-4,8-9,11H,2,5-7,10,12-13H2,1H3,(H,20,21). The number of rotatable bonds is 6. The van der Waals surface area contributed by atoms with Crippen molar-refractivity contribution in [2.24, 2.45) is 0 Å². The molecule has 1 aliphatic carbocycles. The van der Waals surface area contributed by atoms with Gasteiger partial charge in [0.15, 0.2) is 0 Å². The van der Waals surface area contributed by atoms with Crippen LogP contribution in [0.25, 0.3) is 0 Å². The Labute approximate surface area is 141 Å². The second-order valence-electron chi connectivity index (χ2n) is 5.85. The van der Waals surface area contributed by atoms with Gasteiger partial charge in [-0.1, -0.05) is 24.3 Å². The summed E-state index contributed by atoms with van der Waals surface area (Å²) in [4.78, 5) is 14.7. The molecule has 23 heavy (non-hydrogen) atoms. The van der Waals surface area contributed by atoms with Crippen LogP contribution in [-0.4, -0.2) is 12.5 Å². The predicted molar refractivity (Wildman–Crippen MR) is 93.9 cm³/mol. The molecule has 3 nitrogen and oxygen atoms in total. The molecule has 0 fully saturated rings. The smallest absolute Gasteiger partial charge is 0.261 e. The summed E-state index contributed by atoms with van der Waals surface area (Å²) in [5, 5.41) is 3.06. The molecule has 4 heteroatoms. The molecule has 3 rings (SSSR count). The second-order valence-corrected chi connectivity index (χ2v) is 6.99. The lowest BCUT2D eigenvalue weighted by molar-refractivity contribution is 0.0953. The van der Waals surface area contributed by atoms with Crippen LogP contribution < -0.4 is 5.32 Å². The quantitative estimate of drug-likeness (QED) is 0.867. The summed E-state index contributed by atoms with van der Waals surface area (Å²) in [6.07, 6.45) is 4.75. The number of hydrogen-bond donors (Lipinski definition) is 1. The van der Waals surface area contributed by atoms with E-state index in [1.807, 2.05) is 25.1 Å². The summed E-state index contributed by atoms with van der Waals surface area (Å²) >= 11 is 1.66. The minimum atomic E-state index is 0.0376. The van der Waals surface area contributed by atoms with E-state index in [2.05, 4.69) is 17.4 Å². The number of benzene rings is 1. The maximum absolute atomic E-state index is 12.4. The number of ether oxygens (including phenoxy) is 1. The molecule has 2 aromatic rings. The van der Waals surface area contributed by atoms with Crippen LogP contribution in [0.15, 0.2) is 30.3 Å². The maximum atomic E-state index is 12.4. The Bertz CT molecular complexity index is 654. The first-order valence-corrected chi connectivity index (χ1v) is 9.14. The fourth-order valence-corrected chi connectivity index (χ4v) is 4.12. The third-order valence-corrected chi connectivity index (χ3v) is 5.48. The Morgan fingerprint density at radius 3 is 2.78 bits per heavy atom. The largest absolute Gasteiger partial charge is 0.377 e. The average Bonchev–Trinajstić information content (AvgIpc) is 3.02. The molecule has 122 valence electrons. The fourth-order valence-electron chi connectivity index (χ4n) is 2.95. The van der Waals surface area contributed by atoms with E-state index in [1.165, 1.54) is 23.3 Å². The molecule has 1 aromatic carbocycles. The molecule has 1 heterocycles. The van der Waals surface area contributed by atoms with Crippen LogP contribution in [0, 0.1) is 0 Å². The van der Waals surface area contributed by atoms with E-state index in [0.29, 0.717) is 19.8 Å². The van der Waals surface area contributed by atoms with Gasteiger partial charge in [-0.3, -0.25) is 4.79 Å². The molecule has 0 bridgehead atoms. The molecular formula is C19H23NO2S. The van der Waals surface area contributed by atoms with E-state index in [9.17, 15) is 4.79 Å². The second kappa shape index (κ2) is 7.75. The molecule has 0 atom stereocenters. The van der Waals surface area contributed by atoms with Gasteiger partial charge < -0.3 is 10.1 Å². The van der Waals surface area contributed by atoms with Crippen LogP contribution in [0.4, 0.5) is 0 Å². The summed E-state index contributed by atoms with van der Waals surface area (Å²) in [7, 11) is 0. The van der Waals surface area contributed by atoms with Crippen molar-refractivity contribution >= 4 is 17.2 Å². The first-order valence-electron chi connectivity index (χ1n) is 8.32. The number of carbonyl (C=O) groups excluding carboxylic acids is 1. The number of thiophene rings is 1. The van der Waals surface area contributed by atoms with Crippen LogP contribution in [-0.2, 0) is 30.7 Å². The maximum Gasteiger partial charge on any atom is 0.261 e. The van der Waals surface area contributed by atoms with Crippen LogP contribution in [0.3, 0.4) is 0 Å². The number of hydrogen-bond acceptors (Lipinski definition) is 3. The highest BCUT2D eigenvalue weighted by atomic mass is 32.1. The summed E-state index contributed by atoms with van der Waals surface area (Å²) in [5.41, 5.74) is 3.64. The van der Waals surface area contributed by atoms with Crippen molar-refractivity contribution in [3.8, 4) is 0 Å². The monoisotopic (exact) mass is 329 g/mol. The summed E-state index contributed by atoms with van der Waals surface area (Å²) < 4.78 is 5.50. The van der Waals surface area contributed by atoms with Crippen LogP contribution >= 0.6 is 11.3 Å². The molecule has 0 aliphatic heterocycles. The zero-order chi connectivity index (χ0) is 16.1. The fraction of sp³-hybridized carbons (Fsp3) is 0.421. The van der Waals surface area contributed by atoms with Gasteiger partial charge in [-0.05, 0) is 55.4 Å². The molecule has 1 N–H and O–H groups in total. The highest BCUT2D eigenvalue weighted by Gasteiger charge is 2.17. The summed E-state index contributed by atoms with van der Waals surface area (Å²) in [5.74, 6) is 0.0376. The van der Waals surface area contributed by atoms with E-state index in [1.54, 1.807) is 11.3 Å². The molecule has 1 aromatic heterocycles. The number of aryl methyl sites for hydroxylation is 2. The molecule has 0 unspecified atom stereocenters. The first-order chi connectivity index (χ1) is 11.3. The Kier molecular flexibility index (Phi) is 5.47. The van der Waals surface area contributed by atoms with Gasteiger partial charge in [-0.25, -0.2) is 0 Å². The molecule has 0 saturated carbocycles. The number of amides is 1. The van der Waals surface area contributed by atoms with Gasteiger partial charge in [0.1, 0.15) is 0 Å². The predicted octanol–water partition coefficient (Wildman–Crippen LogP) is 4.09. The first kappa shape index (κ1) is 16.2. The third kappa shape index (κ3) is 4.01. The van der Waals surface area contributed by atoms with Gasteiger partial charge in [0.25, 0.3) is 5.91 Å². The van der Waals surface area contributed by atoms with Gasteiger partial charge in [-0.15, -0.1) is 11.3 Å². The Morgan fingerprint density at radius 1 is 1.22 bits per heavy atom. The Morgan fingerprint density at radius 2 is 2.00 bits per heavy atom. The van der Waals surface area contributed by atoms with Crippen molar-refractivity contribution < 1.29 is 9.53 Å². The number of fused-ring (bicyclic) bond motifs is 1. The highest BCUT2D eigenvalue weighted by molar-refractivity contribution is 7.14. The summed E-state index contributed by atoms with van der Waals surface area (Å²) in [6.45, 7) is 3.82. The normalized spacial score (nSPS) is 13.6. The van der Waals surface area contributed by atoms with Gasteiger partial charge in [-0.2, -0.15) is 0 Å². The lowest BCUT2D eigenvalue weighted by Crippen LogP contribution is -2.22. The van der Waals surface area contributed by atoms with Crippen molar-refractivity contribution in [3.63, 3.8) is 0 Å². The molecule has 0 saturated heterocycles. The van der Waals surface area contributed by atoms with Crippen molar-refractivity contribution in [1.82, 2.24) is 5.32 Å². The Balaban J connectivity index is 1.64. The van der Waals surface area contributed by atoms with E-state index < -0.39 is 0 Å². The van der Waals surface area contributed by atoms with Crippen molar-refractivity contribution in [1.29, 1.82) is 0 Å². The SMILES string of the molecule is CCOCc1ccccc1CNC(=O)c1cc2c(s1)CCCC2. The van der Waals surface area contributed by atoms with E-state index in [4.69, 9.17) is 4.74 Å². The van der Waals surface area contributed by atoms with Crippen LogP contribution in [0.2, 0.25) is 0 Å². The van der Waals surface area contributed by atoms with Crippen molar-refractivity contribution in [3.05, 3.63) is 56.8 Å². The molecule has 0 spiro atoms. The van der Waals surface area contributed by atoms with Crippen molar-refractivity contribution in [2.45, 2.75) is 45.8 Å². The van der Waals surface area contributed by atoms with Crippen LogP contribution in [0.5, 0.6) is 0 Å². The van der Waals surface area contributed by atoms with Gasteiger partial charge in [0.2, 0.25) is 0 Å². The molecule has 1 amide bonds. The number of carbonyl (C=O) groups is 1. The minimum absolute atomic E-state index is 0.0376. The van der Waals surface area contributed by atoms with E-state index in [0.717, 1.165) is 28.8 Å². The van der Waals surface area contributed by atoms with Gasteiger partial charge in [0, 0.05) is 18.0 Å². The lowest BCUT2D eigenvalue weighted by atomic mass is 9.99. The third-order valence-electron chi connectivity index (χ3n) is 4.24. The zero-order valence-electron chi connectivity index (χ0n) is 13.6. The zero-order valence-corrected chi connectivity index (χ0v) is 14.4. The van der Waals surface area contributed by atoms with Gasteiger partial charge >= 0.3 is 0 Å². The molecular weight excluding hydrogens is 306 g/mol. The highest BCUT2D eigenvalue weighted by Crippen LogP contribution is 2.29. The average molecular weight is 329 g/mol. The van der Waals surface area contributed by atoms with E-state index >= 15 is 0 Å². The van der Waals surface area contributed by atoms with Gasteiger partial charge in [0.05, 0.1) is 11.5 Å². The number of nitrogens with one attached hydrogen (secondary N) is 1.